The van der Waals surface area contributed by atoms with Gasteiger partial charge in [0.05, 0.1) is 18.9 Å². The van der Waals surface area contributed by atoms with Crippen LogP contribution >= 0.6 is 0 Å². The third-order valence-corrected chi connectivity index (χ3v) is 11.2. The van der Waals surface area contributed by atoms with E-state index in [1.54, 1.807) is 6.92 Å². The molecule has 3 aliphatic carbocycles. The van der Waals surface area contributed by atoms with Crippen molar-refractivity contribution >= 4 is 17.7 Å². The minimum Gasteiger partial charge on any atom is -0.481 e. The molecule has 1 N–H and O–H groups in total. The number of carboxylic acid groups (broad SMARTS) is 1. The van der Waals surface area contributed by atoms with E-state index in [-0.39, 0.29) is 31.1 Å². The lowest BCUT2D eigenvalue weighted by molar-refractivity contribution is -0.162. The summed E-state index contributed by atoms with van der Waals surface area (Å²) in [7, 11) is 0. The zero-order chi connectivity index (χ0) is 27.5. The van der Waals surface area contributed by atoms with Crippen molar-refractivity contribution in [2.75, 3.05) is 6.61 Å². The van der Waals surface area contributed by atoms with E-state index in [2.05, 4.69) is 34.6 Å². The molecule has 0 aromatic heterocycles. The third-order valence-electron chi connectivity index (χ3n) is 11.2. The number of carbonyl (C=O) groups excluding carboxylic acids is 2. The third kappa shape index (κ3) is 6.11. The predicted molar refractivity (Wildman–Crippen MR) is 147 cm³/mol. The van der Waals surface area contributed by atoms with Crippen molar-refractivity contribution < 1.29 is 24.2 Å². The van der Waals surface area contributed by atoms with E-state index in [0.717, 1.165) is 37.0 Å². The summed E-state index contributed by atoms with van der Waals surface area (Å²) < 4.78 is 5.07. The molecular weight excluding hydrogens is 464 g/mol. The first-order valence-corrected chi connectivity index (χ1v) is 15.3. The minimum atomic E-state index is -0.993. The Bertz CT molecular complexity index is 820. The van der Waals surface area contributed by atoms with Crippen LogP contribution in [-0.2, 0) is 19.1 Å². The number of aliphatic carboxylic acids is 1. The fraction of sp³-hybridized carbons (Fsp3) is 0.906. The molecule has 5 unspecified atom stereocenters. The van der Waals surface area contributed by atoms with Gasteiger partial charge in [-0.1, -0.05) is 67.2 Å². The summed E-state index contributed by atoms with van der Waals surface area (Å²) in [5, 5.41) is 9.99. The predicted octanol–water partition coefficient (Wildman–Crippen LogP) is 7.56. The van der Waals surface area contributed by atoms with Crippen molar-refractivity contribution in [2.45, 2.75) is 119 Å². The lowest BCUT2D eigenvalue weighted by Crippen LogP contribution is -2.56. The highest BCUT2D eigenvalue weighted by atomic mass is 16.5. The van der Waals surface area contributed by atoms with Gasteiger partial charge in [-0.05, 0) is 85.9 Å². The number of ketones is 1. The van der Waals surface area contributed by atoms with Crippen LogP contribution in [0.25, 0.3) is 0 Å². The van der Waals surface area contributed by atoms with E-state index in [9.17, 15) is 19.5 Å². The second-order valence-electron chi connectivity index (χ2n) is 13.8. The van der Waals surface area contributed by atoms with Crippen molar-refractivity contribution in [1.29, 1.82) is 0 Å². The molecule has 3 fully saturated rings. The summed E-state index contributed by atoms with van der Waals surface area (Å²) in [6.07, 6.45) is 10.2. The molecule has 0 bridgehead atoms. The van der Waals surface area contributed by atoms with Gasteiger partial charge < -0.3 is 9.84 Å². The molecule has 5 nitrogen and oxygen atoms in total. The van der Waals surface area contributed by atoms with Gasteiger partial charge in [0.1, 0.15) is 5.78 Å². The van der Waals surface area contributed by atoms with Crippen LogP contribution in [0.15, 0.2) is 0 Å². The molecule has 0 saturated heterocycles. The van der Waals surface area contributed by atoms with E-state index in [1.165, 1.54) is 32.1 Å². The Morgan fingerprint density at radius 1 is 1.05 bits per heavy atom. The Morgan fingerprint density at radius 3 is 2.35 bits per heavy atom. The van der Waals surface area contributed by atoms with Crippen molar-refractivity contribution in [3.8, 4) is 0 Å². The van der Waals surface area contributed by atoms with Crippen LogP contribution in [0.3, 0.4) is 0 Å². The fourth-order valence-corrected chi connectivity index (χ4v) is 9.30. The Hall–Kier alpha value is -1.39. The van der Waals surface area contributed by atoms with Gasteiger partial charge in [-0.2, -0.15) is 0 Å². The maximum atomic E-state index is 13.7. The number of hydrogen-bond acceptors (Lipinski definition) is 4. The van der Waals surface area contributed by atoms with Gasteiger partial charge in [0.25, 0.3) is 0 Å². The molecule has 0 aliphatic heterocycles. The first-order valence-electron chi connectivity index (χ1n) is 15.3. The monoisotopic (exact) mass is 518 g/mol. The molecule has 3 saturated carbocycles. The molecule has 37 heavy (non-hydrogen) atoms. The second kappa shape index (κ2) is 12.2. The number of hydrogen-bond donors (Lipinski definition) is 1. The maximum Gasteiger partial charge on any atom is 0.307 e. The van der Waals surface area contributed by atoms with Crippen molar-refractivity contribution in [1.82, 2.24) is 0 Å². The summed E-state index contributed by atoms with van der Waals surface area (Å²) in [6.45, 7) is 15.9. The number of Topliss-reactive ketones (excluding diaryl/α,β-unsaturated/α-hetero) is 1. The minimum absolute atomic E-state index is 0.155. The summed E-state index contributed by atoms with van der Waals surface area (Å²) >= 11 is 0. The normalized spacial score (nSPS) is 37.1. The largest absolute Gasteiger partial charge is 0.481 e. The first kappa shape index (κ1) is 30.2. The van der Waals surface area contributed by atoms with Gasteiger partial charge in [-0.3, -0.25) is 14.4 Å². The number of carboxylic acids is 1. The summed E-state index contributed by atoms with van der Waals surface area (Å²) in [6, 6.07) is 0. The number of rotatable bonds is 12. The van der Waals surface area contributed by atoms with E-state index in [1.807, 2.05) is 6.92 Å². The van der Waals surface area contributed by atoms with Crippen molar-refractivity contribution in [3.63, 3.8) is 0 Å². The van der Waals surface area contributed by atoms with E-state index >= 15 is 0 Å². The second-order valence-corrected chi connectivity index (χ2v) is 13.8. The Balaban J connectivity index is 1.85. The number of ether oxygens (including phenoxy) is 1. The fourth-order valence-electron chi connectivity index (χ4n) is 9.30. The van der Waals surface area contributed by atoms with E-state index in [0.29, 0.717) is 29.6 Å². The molecular formula is C32H54O5. The van der Waals surface area contributed by atoms with Crippen LogP contribution in [-0.4, -0.2) is 29.4 Å². The van der Waals surface area contributed by atoms with Gasteiger partial charge in [0, 0.05) is 11.8 Å². The Labute approximate surface area is 225 Å². The topological polar surface area (TPSA) is 80.7 Å². The summed E-state index contributed by atoms with van der Waals surface area (Å²) in [4.78, 5) is 38.1. The van der Waals surface area contributed by atoms with E-state index < -0.39 is 23.3 Å². The van der Waals surface area contributed by atoms with Gasteiger partial charge in [0.15, 0.2) is 0 Å². The van der Waals surface area contributed by atoms with Gasteiger partial charge in [-0.25, -0.2) is 0 Å². The summed E-state index contributed by atoms with van der Waals surface area (Å²) in [5.74, 6) is 1.76. The van der Waals surface area contributed by atoms with Crippen LogP contribution in [0.5, 0.6) is 0 Å². The van der Waals surface area contributed by atoms with Crippen LogP contribution in [0.4, 0.5) is 0 Å². The van der Waals surface area contributed by atoms with Gasteiger partial charge in [0.2, 0.25) is 0 Å². The molecule has 0 aromatic carbocycles. The quantitative estimate of drug-likeness (QED) is 0.270. The number of carbonyl (C=O) groups is 3. The highest BCUT2D eigenvalue weighted by Crippen LogP contribution is 2.67. The zero-order valence-corrected chi connectivity index (χ0v) is 24.7. The van der Waals surface area contributed by atoms with E-state index in [4.69, 9.17) is 4.74 Å². The van der Waals surface area contributed by atoms with Gasteiger partial charge >= 0.3 is 11.9 Å². The Morgan fingerprint density at radius 2 is 1.76 bits per heavy atom. The molecule has 0 amide bonds. The number of esters is 1. The molecule has 212 valence electrons. The first-order chi connectivity index (χ1) is 17.4. The van der Waals surface area contributed by atoms with Crippen LogP contribution < -0.4 is 0 Å². The lowest BCUT2D eigenvalue weighted by Gasteiger charge is -2.59. The average Bonchev–Trinajstić information content (AvgIpc) is 3.17. The van der Waals surface area contributed by atoms with Crippen LogP contribution in [0.2, 0.25) is 0 Å². The number of fused-ring (bicyclic) bond motifs is 3. The average molecular weight is 519 g/mol. The molecule has 0 aromatic rings. The van der Waals surface area contributed by atoms with Crippen LogP contribution in [0.1, 0.15) is 119 Å². The zero-order valence-electron chi connectivity index (χ0n) is 24.7. The smallest absolute Gasteiger partial charge is 0.307 e. The highest BCUT2D eigenvalue weighted by Gasteiger charge is 2.62. The molecule has 0 heterocycles. The molecule has 0 spiro atoms. The summed E-state index contributed by atoms with van der Waals surface area (Å²) in [5.41, 5.74) is -0.377. The van der Waals surface area contributed by atoms with Gasteiger partial charge in [-0.15, -0.1) is 0 Å². The highest BCUT2D eigenvalue weighted by molar-refractivity contribution is 5.87. The maximum absolute atomic E-state index is 13.7. The van der Waals surface area contributed by atoms with Crippen molar-refractivity contribution in [2.24, 2.45) is 58.2 Å². The molecule has 0 radical (unpaired) electrons. The van der Waals surface area contributed by atoms with Crippen LogP contribution in [0, 0.1) is 58.2 Å². The standard InChI is InChI=1S/C32H54O5/c1-8-22-17-27(33)32(7,19-23(30(35)36)18-28(34)37-9-2)26-15-16-31(6)24(13-14-25(31)29(22)26)21(5)12-10-11-20(3)4/h20-26,29H,8-19H2,1-7H3,(H,35,36)/t21?,22-,23+,24?,25?,26?,29?,31+,32+/m0/s1. The van der Waals surface area contributed by atoms with Crippen molar-refractivity contribution in [3.05, 3.63) is 0 Å². The molecule has 5 heteroatoms. The Kier molecular flexibility index (Phi) is 9.94. The SMILES string of the molecule is CCOC(=O)C[C@H](C[C@@]1(C)C(=O)C[C@H](CC)C2C3CCC(C(C)CCCC(C)C)[C@@]3(C)CCC21)C(=O)O. The molecule has 9 atom stereocenters. The molecule has 3 aliphatic rings. The lowest BCUT2D eigenvalue weighted by atomic mass is 9.45. The molecule has 3 rings (SSSR count).